The number of anilines is 1. The van der Waals surface area contributed by atoms with Gasteiger partial charge in [-0.05, 0) is 51.0 Å². The first-order chi connectivity index (χ1) is 12.6. The summed E-state index contributed by atoms with van der Waals surface area (Å²) in [7, 11) is 1.52. The third-order valence-corrected chi connectivity index (χ3v) is 5.68. The van der Waals surface area contributed by atoms with Crippen molar-refractivity contribution in [3.63, 3.8) is 0 Å². The molecule has 26 heavy (non-hydrogen) atoms. The predicted octanol–water partition coefficient (Wildman–Crippen LogP) is 5.61. The maximum absolute atomic E-state index is 13.3. The summed E-state index contributed by atoms with van der Waals surface area (Å²) in [5.41, 5.74) is 1.03. The Hall–Kier alpha value is -2.51. The average Bonchev–Trinajstić information content (AvgIpc) is 3.02. The van der Waals surface area contributed by atoms with Crippen LogP contribution in [0.5, 0.6) is 5.75 Å². The van der Waals surface area contributed by atoms with Crippen molar-refractivity contribution in [3.05, 3.63) is 64.4 Å². The number of aromatic nitrogens is 1. The molecule has 0 unspecified atom stereocenters. The van der Waals surface area contributed by atoms with Crippen LogP contribution in [0.3, 0.4) is 0 Å². The van der Waals surface area contributed by atoms with Crippen molar-refractivity contribution in [2.75, 3.05) is 12.4 Å². The number of amides is 1. The number of nitrogens with zero attached hydrogens (tertiary/aromatic N) is 1. The summed E-state index contributed by atoms with van der Waals surface area (Å²) in [5.74, 6) is -0.222. The van der Waals surface area contributed by atoms with E-state index in [9.17, 15) is 9.18 Å². The number of fused-ring (bicyclic) bond motifs is 2. The first kappa shape index (κ1) is 16.9. The second-order valence-electron chi connectivity index (χ2n) is 5.58. The molecule has 3 aromatic carbocycles. The monoisotopic (exact) mass is 430 g/mol. The van der Waals surface area contributed by atoms with Crippen molar-refractivity contribution >= 4 is 59.3 Å². The van der Waals surface area contributed by atoms with Crippen molar-refractivity contribution in [2.45, 2.75) is 0 Å². The van der Waals surface area contributed by atoms with Gasteiger partial charge in [-0.25, -0.2) is 9.37 Å². The zero-order chi connectivity index (χ0) is 18.3. The van der Waals surface area contributed by atoms with Crippen molar-refractivity contribution in [3.8, 4) is 5.75 Å². The van der Waals surface area contributed by atoms with Crippen LogP contribution in [0, 0.1) is 5.82 Å². The zero-order valence-corrected chi connectivity index (χ0v) is 15.9. The molecule has 0 aliphatic rings. The molecule has 7 heteroatoms. The van der Waals surface area contributed by atoms with E-state index in [1.54, 1.807) is 12.1 Å². The molecule has 1 N–H and O–H groups in total. The molecule has 4 rings (SSSR count). The number of hydrogen-bond donors (Lipinski definition) is 1. The minimum Gasteiger partial charge on any atom is -0.495 e. The van der Waals surface area contributed by atoms with Gasteiger partial charge in [-0.3, -0.25) is 10.1 Å². The van der Waals surface area contributed by atoms with Crippen LogP contribution >= 0.6 is 27.3 Å². The second kappa shape index (κ2) is 6.66. The highest BCUT2D eigenvalue weighted by Crippen LogP contribution is 2.37. The highest BCUT2D eigenvalue weighted by atomic mass is 79.9. The molecule has 4 nitrogen and oxygen atoms in total. The average molecular weight is 431 g/mol. The summed E-state index contributed by atoms with van der Waals surface area (Å²) >= 11 is 4.74. The van der Waals surface area contributed by atoms with Crippen LogP contribution < -0.4 is 10.1 Å². The number of hydrogen-bond acceptors (Lipinski definition) is 4. The van der Waals surface area contributed by atoms with Gasteiger partial charge in [0.25, 0.3) is 5.91 Å². The molecule has 1 amide bonds. The number of thiazole rings is 1. The molecule has 0 aliphatic carbocycles. The van der Waals surface area contributed by atoms with Crippen molar-refractivity contribution in [1.82, 2.24) is 4.98 Å². The number of ether oxygens (including phenoxy) is 1. The van der Waals surface area contributed by atoms with E-state index in [4.69, 9.17) is 4.74 Å². The number of carbonyl (C=O) groups is 1. The van der Waals surface area contributed by atoms with E-state index in [2.05, 4.69) is 26.2 Å². The molecule has 130 valence electrons. The maximum atomic E-state index is 13.3. The number of methoxy groups -OCH3 is 1. The Morgan fingerprint density at radius 2 is 2.04 bits per heavy atom. The maximum Gasteiger partial charge on any atom is 0.261 e. The largest absolute Gasteiger partial charge is 0.495 e. The van der Waals surface area contributed by atoms with Gasteiger partial charge in [0.05, 0.1) is 27.4 Å². The van der Waals surface area contributed by atoms with E-state index < -0.39 is 0 Å². The van der Waals surface area contributed by atoms with Crippen LogP contribution in [-0.2, 0) is 0 Å². The lowest BCUT2D eigenvalue weighted by Gasteiger charge is -2.12. The molecule has 0 aliphatic heterocycles. The number of halogens is 2. The SMILES string of the molecule is COc1c(C(=O)Nc2nc3ccc(F)cc3s2)cc2ccccc2c1Br. The zero-order valence-electron chi connectivity index (χ0n) is 13.5. The van der Waals surface area contributed by atoms with E-state index in [1.807, 2.05) is 24.3 Å². The molecule has 1 aromatic heterocycles. The van der Waals surface area contributed by atoms with Gasteiger partial charge in [0.1, 0.15) is 11.6 Å². The van der Waals surface area contributed by atoms with Crippen LogP contribution in [-0.4, -0.2) is 18.0 Å². The normalized spacial score (nSPS) is 11.0. The Morgan fingerprint density at radius 3 is 2.85 bits per heavy atom. The summed E-state index contributed by atoms with van der Waals surface area (Å²) in [6.07, 6.45) is 0. The fourth-order valence-electron chi connectivity index (χ4n) is 2.77. The van der Waals surface area contributed by atoms with E-state index in [0.29, 0.717) is 26.7 Å². The van der Waals surface area contributed by atoms with Gasteiger partial charge in [-0.15, -0.1) is 0 Å². The third-order valence-electron chi connectivity index (χ3n) is 3.96. The van der Waals surface area contributed by atoms with E-state index in [1.165, 1.54) is 30.6 Å². The van der Waals surface area contributed by atoms with Crippen LogP contribution in [0.15, 0.2) is 53.0 Å². The van der Waals surface area contributed by atoms with Crippen LogP contribution in [0.4, 0.5) is 9.52 Å². The van der Waals surface area contributed by atoms with Crippen LogP contribution in [0.2, 0.25) is 0 Å². The van der Waals surface area contributed by atoms with Gasteiger partial charge in [-0.2, -0.15) is 0 Å². The molecule has 1 heterocycles. The molecule has 4 aromatic rings. The number of carbonyl (C=O) groups excluding carboxylic acids is 1. The standard InChI is InChI=1S/C19H12BrFN2O2S/c1-25-17-13(8-10-4-2-3-5-12(10)16(17)20)18(24)23-19-22-14-7-6-11(21)9-15(14)26-19/h2-9H,1H3,(H,22,23,24). The lowest BCUT2D eigenvalue weighted by Crippen LogP contribution is -2.13. The third kappa shape index (κ3) is 2.93. The Kier molecular flexibility index (Phi) is 4.34. The molecule has 0 fully saturated rings. The van der Waals surface area contributed by atoms with E-state index in [-0.39, 0.29) is 11.7 Å². The highest BCUT2D eigenvalue weighted by Gasteiger charge is 2.19. The fraction of sp³-hybridized carbons (Fsp3) is 0.0526. The van der Waals surface area contributed by atoms with Crippen LogP contribution in [0.25, 0.3) is 21.0 Å². The summed E-state index contributed by atoms with van der Waals surface area (Å²) in [6.45, 7) is 0. The molecule has 0 saturated heterocycles. The van der Waals surface area contributed by atoms with Gasteiger partial charge >= 0.3 is 0 Å². The molecular formula is C19H12BrFN2O2S. The first-order valence-corrected chi connectivity index (χ1v) is 9.30. The molecule has 0 bridgehead atoms. The fourth-order valence-corrected chi connectivity index (χ4v) is 4.39. The van der Waals surface area contributed by atoms with Crippen molar-refractivity contribution in [2.24, 2.45) is 0 Å². The summed E-state index contributed by atoms with van der Waals surface area (Å²) in [4.78, 5) is 17.1. The highest BCUT2D eigenvalue weighted by molar-refractivity contribution is 9.10. The summed E-state index contributed by atoms with van der Waals surface area (Å²) in [6, 6.07) is 13.8. The predicted molar refractivity (Wildman–Crippen MR) is 106 cm³/mol. The second-order valence-corrected chi connectivity index (χ2v) is 7.40. The molecule has 0 spiro atoms. The minimum atomic E-state index is -0.340. The van der Waals surface area contributed by atoms with Gasteiger partial charge in [0, 0.05) is 0 Å². The Balaban J connectivity index is 1.75. The topological polar surface area (TPSA) is 51.2 Å². The molecule has 0 saturated carbocycles. The molecule has 0 atom stereocenters. The molecular weight excluding hydrogens is 419 g/mol. The Morgan fingerprint density at radius 1 is 1.23 bits per heavy atom. The van der Waals surface area contributed by atoms with Crippen LogP contribution in [0.1, 0.15) is 10.4 Å². The van der Waals surface area contributed by atoms with Gasteiger partial charge < -0.3 is 4.74 Å². The quantitative estimate of drug-likeness (QED) is 0.459. The van der Waals surface area contributed by atoms with Gasteiger partial charge in [0.2, 0.25) is 0 Å². The Bertz CT molecular complexity index is 1160. The lowest BCUT2D eigenvalue weighted by atomic mass is 10.1. The Labute approximate surface area is 160 Å². The minimum absolute atomic E-state index is 0.334. The van der Waals surface area contributed by atoms with E-state index >= 15 is 0 Å². The number of rotatable bonds is 3. The van der Waals surface area contributed by atoms with Gasteiger partial charge in [0.15, 0.2) is 5.13 Å². The number of nitrogens with one attached hydrogen (secondary N) is 1. The van der Waals surface area contributed by atoms with Crippen molar-refractivity contribution < 1.29 is 13.9 Å². The number of benzene rings is 3. The van der Waals surface area contributed by atoms with Gasteiger partial charge in [-0.1, -0.05) is 35.6 Å². The summed E-state index contributed by atoms with van der Waals surface area (Å²) < 4.78 is 20.2. The molecule has 0 radical (unpaired) electrons. The van der Waals surface area contributed by atoms with E-state index in [0.717, 1.165) is 15.2 Å². The smallest absolute Gasteiger partial charge is 0.261 e. The van der Waals surface area contributed by atoms with Crippen molar-refractivity contribution in [1.29, 1.82) is 0 Å². The first-order valence-electron chi connectivity index (χ1n) is 7.69. The summed E-state index contributed by atoms with van der Waals surface area (Å²) in [5, 5.41) is 5.05. The lowest BCUT2D eigenvalue weighted by molar-refractivity contribution is 0.102.